The Labute approximate surface area is 141 Å². The first-order valence-electron chi connectivity index (χ1n) is 7.19. The predicted octanol–water partition coefficient (Wildman–Crippen LogP) is 1.56. The summed E-state index contributed by atoms with van der Waals surface area (Å²) in [6.07, 6.45) is 0.718. The van der Waals surface area contributed by atoms with Gasteiger partial charge in [-0.2, -0.15) is 0 Å². The maximum absolute atomic E-state index is 11.3. The number of nitro groups is 1. The Morgan fingerprint density at radius 3 is 2.74 bits per heavy atom. The lowest BCUT2D eigenvalue weighted by Crippen LogP contribution is -2.37. The van der Waals surface area contributed by atoms with Crippen LogP contribution >= 0.6 is 15.9 Å². The standard InChI is InChI=1S/C14H18BrN3O5/c15-11-8-10(14(16)19)9-12(13(11)18(20)21)23-5-1-2-17-3-6-22-7-4-17/h8-9H,1-7H2,(H2,16,19). The lowest BCUT2D eigenvalue weighted by molar-refractivity contribution is -0.386. The Balaban J connectivity index is 1.99. The van der Waals surface area contributed by atoms with Crippen LogP contribution in [-0.4, -0.2) is 55.2 Å². The molecule has 0 saturated carbocycles. The van der Waals surface area contributed by atoms with Crippen LogP contribution in [-0.2, 0) is 4.74 Å². The molecule has 0 bridgehead atoms. The van der Waals surface area contributed by atoms with E-state index in [2.05, 4.69) is 20.8 Å². The Morgan fingerprint density at radius 2 is 2.13 bits per heavy atom. The molecular weight excluding hydrogens is 370 g/mol. The fourth-order valence-corrected chi connectivity index (χ4v) is 2.89. The first kappa shape index (κ1) is 17.6. The summed E-state index contributed by atoms with van der Waals surface area (Å²) in [5.74, 6) is -0.626. The molecule has 8 nitrogen and oxygen atoms in total. The van der Waals surface area contributed by atoms with E-state index in [1.165, 1.54) is 12.1 Å². The highest BCUT2D eigenvalue weighted by Gasteiger charge is 2.22. The van der Waals surface area contributed by atoms with Gasteiger partial charge in [-0.1, -0.05) is 0 Å². The van der Waals surface area contributed by atoms with Gasteiger partial charge in [0.05, 0.1) is 24.7 Å². The fraction of sp³-hybridized carbons (Fsp3) is 0.500. The Kier molecular flexibility index (Phi) is 6.31. The topological polar surface area (TPSA) is 108 Å². The van der Waals surface area contributed by atoms with E-state index >= 15 is 0 Å². The molecule has 0 aromatic heterocycles. The summed E-state index contributed by atoms with van der Waals surface area (Å²) in [6, 6.07) is 2.63. The van der Waals surface area contributed by atoms with Crippen molar-refractivity contribution in [1.82, 2.24) is 4.90 Å². The zero-order chi connectivity index (χ0) is 16.8. The molecule has 1 heterocycles. The number of carbonyl (C=O) groups is 1. The first-order chi connectivity index (χ1) is 11.0. The van der Waals surface area contributed by atoms with Gasteiger partial charge in [-0.3, -0.25) is 19.8 Å². The van der Waals surface area contributed by atoms with Gasteiger partial charge in [0.1, 0.15) is 4.47 Å². The Hall–Kier alpha value is -1.71. The van der Waals surface area contributed by atoms with Crippen molar-refractivity contribution >= 4 is 27.5 Å². The van der Waals surface area contributed by atoms with Crippen LogP contribution in [0.25, 0.3) is 0 Å². The van der Waals surface area contributed by atoms with Crippen LogP contribution in [0.3, 0.4) is 0 Å². The molecule has 1 saturated heterocycles. The maximum Gasteiger partial charge on any atom is 0.325 e. The molecule has 1 aliphatic heterocycles. The zero-order valence-corrected chi connectivity index (χ0v) is 14.1. The minimum atomic E-state index is -0.668. The summed E-state index contributed by atoms with van der Waals surface area (Å²) in [5, 5.41) is 11.2. The van der Waals surface area contributed by atoms with E-state index in [0.717, 1.165) is 39.3 Å². The van der Waals surface area contributed by atoms with E-state index in [1.54, 1.807) is 0 Å². The normalized spacial score (nSPS) is 15.3. The van der Waals surface area contributed by atoms with Gasteiger partial charge in [0.25, 0.3) is 0 Å². The molecule has 1 amide bonds. The molecule has 0 spiro atoms. The average molecular weight is 388 g/mol. The largest absolute Gasteiger partial charge is 0.487 e. The van der Waals surface area contributed by atoms with Crippen LogP contribution in [0.1, 0.15) is 16.8 Å². The van der Waals surface area contributed by atoms with Crippen LogP contribution in [0.2, 0.25) is 0 Å². The van der Waals surface area contributed by atoms with Crippen molar-refractivity contribution in [3.63, 3.8) is 0 Å². The van der Waals surface area contributed by atoms with Crippen molar-refractivity contribution in [2.45, 2.75) is 6.42 Å². The monoisotopic (exact) mass is 387 g/mol. The third-order valence-electron chi connectivity index (χ3n) is 3.48. The van der Waals surface area contributed by atoms with Crippen molar-refractivity contribution < 1.29 is 19.2 Å². The van der Waals surface area contributed by atoms with Crippen LogP contribution in [0.15, 0.2) is 16.6 Å². The molecule has 2 rings (SSSR count). The third-order valence-corrected chi connectivity index (χ3v) is 4.08. The van der Waals surface area contributed by atoms with Crippen LogP contribution in [0.5, 0.6) is 5.75 Å². The van der Waals surface area contributed by atoms with Gasteiger partial charge in [0.2, 0.25) is 5.91 Å². The number of hydrogen-bond acceptors (Lipinski definition) is 6. The van der Waals surface area contributed by atoms with Crippen molar-refractivity contribution in [2.75, 3.05) is 39.5 Å². The number of carbonyl (C=O) groups excluding carboxylic acids is 1. The van der Waals surface area contributed by atoms with Crippen molar-refractivity contribution in [3.05, 3.63) is 32.3 Å². The predicted molar refractivity (Wildman–Crippen MR) is 86.7 cm³/mol. The Morgan fingerprint density at radius 1 is 1.43 bits per heavy atom. The smallest absolute Gasteiger partial charge is 0.325 e. The molecule has 1 fully saturated rings. The number of halogens is 1. The van der Waals surface area contributed by atoms with E-state index in [1.807, 2.05) is 0 Å². The van der Waals surface area contributed by atoms with Gasteiger partial charge in [0, 0.05) is 31.3 Å². The quantitative estimate of drug-likeness (QED) is 0.432. The van der Waals surface area contributed by atoms with E-state index in [0.29, 0.717) is 6.61 Å². The number of rotatable bonds is 7. The molecule has 1 aromatic carbocycles. The van der Waals surface area contributed by atoms with Crippen LogP contribution < -0.4 is 10.5 Å². The molecular formula is C14H18BrN3O5. The molecule has 2 N–H and O–H groups in total. The van der Waals surface area contributed by atoms with Crippen LogP contribution in [0.4, 0.5) is 5.69 Å². The summed E-state index contributed by atoms with van der Waals surface area (Å²) in [7, 11) is 0. The lowest BCUT2D eigenvalue weighted by Gasteiger charge is -2.26. The van der Waals surface area contributed by atoms with Gasteiger partial charge in [-0.05, 0) is 28.4 Å². The molecule has 0 unspecified atom stereocenters. The van der Waals surface area contributed by atoms with Gasteiger partial charge >= 0.3 is 5.69 Å². The molecule has 126 valence electrons. The van der Waals surface area contributed by atoms with E-state index in [9.17, 15) is 14.9 Å². The first-order valence-corrected chi connectivity index (χ1v) is 7.99. The zero-order valence-electron chi connectivity index (χ0n) is 12.5. The van der Waals surface area contributed by atoms with Crippen molar-refractivity contribution in [1.29, 1.82) is 0 Å². The number of nitrogens with zero attached hydrogens (tertiary/aromatic N) is 2. The number of benzene rings is 1. The second-order valence-corrected chi connectivity index (χ2v) is 5.94. The van der Waals surface area contributed by atoms with Gasteiger partial charge in [-0.25, -0.2) is 0 Å². The second kappa shape index (κ2) is 8.23. The van der Waals surface area contributed by atoms with E-state index in [-0.39, 0.29) is 21.5 Å². The maximum atomic E-state index is 11.3. The van der Waals surface area contributed by atoms with Crippen molar-refractivity contribution in [3.8, 4) is 5.75 Å². The molecule has 1 aliphatic rings. The van der Waals surface area contributed by atoms with Gasteiger partial charge in [0.15, 0.2) is 5.75 Å². The summed E-state index contributed by atoms with van der Waals surface area (Å²) < 4.78 is 11.0. The van der Waals surface area contributed by atoms with E-state index < -0.39 is 10.8 Å². The van der Waals surface area contributed by atoms with Crippen LogP contribution in [0, 0.1) is 10.1 Å². The number of nitrogens with two attached hydrogens (primary N) is 1. The molecule has 0 radical (unpaired) electrons. The highest BCUT2D eigenvalue weighted by atomic mass is 79.9. The average Bonchev–Trinajstić information content (AvgIpc) is 2.51. The number of primary amides is 1. The number of morpholine rings is 1. The Bertz CT molecular complexity index is 590. The summed E-state index contributed by atoms with van der Waals surface area (Å²) in [4.78, 5) is 24.1. The second-order valence-electron chi connectivity index (χ2n) is 5.08. The number of nitro benzene ring substituents is 1. The van der Waals surface area contributed by atoms with Crippen molar-refractivity contribution in [2.24, 2.45) is 5.73 Å². The minimum Gasteiger partial charge on any atom is -0.487 e. The summed E-state index contributed by atoms with van der Waals surface area (Å²) in [6.45, 7) is 4.34. The summed E-state index contributed by atoms with van der Waals surface area (Å²) in [5.41, 5.74) is 5.18. The van der Waals surface area contributed by atoms with Gasteiger partial charge in [-0.15, -0.1) is 0 Å². The fourth-order valence-electron chi connectivity index (χ4n) is 2.30. The molecule has 0 aliphatic carbocycles. The van der Waals surface area contributed by atoms with E-state index in [4.69, 9.17) is 15.2 Å². The number of hydrogen-bond donors (Lipinski definition) is 1. The minimum absolute atomic E-state index is 0.0418. The highest BCUT2D eigenvalue weighted by molar-refractivity contribution is 9.10. The highest BCUT2D eigenvalue weighted by Crippen LogP contribution is 2.36. The molecule has 1 aromatic rings. The van der Waals surface area contributed by atoms with Gasteiger partial charge < -0.3 is 15.2 Å². The SMILES string of the molecule is NC(=O)c1cc(Br)c([N+](=O)[O-])c(OCCCN2CCOCC2)c1. The molecule has 0 atom stereocenters. The number of amides is 1. The molecule has 23 heavy (non-hydrogen) atoms. The lowest BCUT2D eigenvalue weighted by atomic mass is 10.2. The third kappa shape index (κ3) is 4.88. The number of ether oxygens (including phenoxy) is 2. The molecule has 9 heteroatoms. The summed E-state index contributed by atoms with van der Waals surface area (Å²) >= 11 is 3.09.